The van der Waals surface area contributed by atoms with Crippen molar-refractivity contribution in [3.05, 3.63) is 18.5 Å². The maximum absolute atomic E-state index is 11.6. The number of hydrogen-bond acceptors (Lipinski definition) is 3. The van der Waals surface area contributed by atoms with Gasteiger partial charge in [-0.3, -0.25) is 0 Å². The molecule has 15 heavy (non-hydrogen) atoms. The van der Waals surface area contributed by atoms with Crippen molar-refractivity contribution in [2.75, 3.05) is 6.54 Å². The molecular weight excluding hydrogens is 216 g/mol. The Balaban J connectivity index is 2.68. The summed E-state index contributed by atoms with van der Waals surface area (Å²) in [5.74, 6) is 0. The van der Waals surface area contributed by atoms with Crippen LogP contribution in [0.3, 0.4) is 0 Å². The smallest absolute Gasteiger partial charge is 0.242 e. The van der Waals surface area contributed by atoms with Crippen molar-refractivity contribution in [2.45, 2.75) is 24.3 Å². The van der Waals surface area contributed by atoms with E-state index in [1.165, 1.54) is 12.3 Å². The largest absolute Gasteiger partial charge is 0.392 e. The molecule has 0 saturated carbocycles. The van der Waals surface area contributed by atoms with E-state index in [1.807, 2.05) is 0 Å². The first-order valence-corrected chi connectivity index (χ1v) is 6.23. The number of aromatic nitrogens is 1. The fraction of sp³-hybridized carbons (Fsp3) is 0.556. The van der Waals surface area contributed by atoms with Gasteiger partial charge in [0, 0.05) is 26.0 Å². The molecular formula is C9H16N2O3S. The Bertz CT molecular complexity index is 411. The first-order valence-electron chi connectivity index (χ1n) is 4.75. The van der Waals surface area contributed by atoms with Crippen LogP contribution in [-0.2, 0) is 17.1 Å². The van der Waals surface area contributed by atoms with Crippen molar-refractivity contribution < 1.29 is 13.5 Å². The molecule has 1 heterocycles. The van der Waals surface area contributed by atoms with Crippen molar-refractivity contribution in [1.29, 1.82) is 0 Å². The molecule has 0 bridgehead atoms. The van der Waals surface area contributed by atoms with Gasteiger partial charge < -0.3 is 9.67 Å². The zero-order valence-corrected chi connectivity index (χ0v) is 9.66. The summed E-state index contributed by atoms with van der Waals surface area (Å²) in [6, 6.07) is 1.51. The van der Waals surface area contributed by atoms with Crippen LogP contribution in [0.1, 0.15) is 13.3 Å². The van der Waals surface area contributed by atoms with Gasteiger partial charge in [0.1, 0.15) is 0 Å². The van der Waals surface area contributed by atoms with Crippen LogP contribution < -0.4 is 4.72 Å². The van der Waals surface area contributed by atoms with E-state index in [4.69, 9.17) is 0 Å². The molecule has 1 unspecified atom stereocenters. The normalized spacial score (nSPS) is 14.1. The maximum atomic E-state index is 11.6. The van der Waals surface area contributed by atoms with Crippen molar-refractivity contribution in [1.82, 2.24) is 9.29 Å². The monoisotopic (exact) mass is 232 g/mol. The van der Waals surface area contributed by atoms with Gasteiger partial charge in [-0.1, -0.05) is 6.92 Å². The highest BCUT2D eigenvalue weighted by molar-refractivity contribution is 7.89. The van der Waals surface area contributed by atoms with Crippen LogP contribution >= 0.6 is 0 Å². The molecule has 1 atom stereocenters. The van der Waals surface area contributed by atoms with Gasteiger partial charge in [0.2, 0.25) is 10.0 Å². The minimum Gasteiger partial charge on any atom is -0.392 e. The molecule has 0 spiro atoms. The summed E-state index contributed by atoms with van der Waals surface area (Å²) >= 11 is 0. The highest BCUT2D eigenvalue weighted by atomic mass is 32.2. The zero-order valence-electron chi connectivity index (χ0n) is 8.84. The van der Waals surface area contributed by atoms with Gasteiger partial charge in [-0.05, 0) is 12.5 Å². The third kappa shape index (κ3) is 3.33. The van der Waals surface area contributed by atoms with Crippen LogP contribution in [0.2, 0.25) is 0 Å². The fourth-order valence-corrected chi connectivity index (χ4v) is 2.19. The number of nitrogens with one attached hydrogen (secondary N) is 1. The second kappa shape index (κ2) is 4.78. The van der Waals surface area contributed by atoms with Crippen molar-refractivity contribution in [3.63, 3.8) is 0 Å². The van der Waals surface area contributed by atoms with Crippen LogP contribution in [0.15, 0.2) is 23.4 Å². The van der Waals surface area contributed by atoms with E-state index in [9.17, 15) is 13.5 Å². The van der Waals surface area contributed by atoms with E-state index in [0.29, 0.717) is 6.42 Å². The Morgan fingerprint density at radius 3 is 2.73 bits per heavy atom. The van der Waals surface area contributed by atoms with Crippen LogP contribution in [0.4, 0.5) is 0 Å². The molecule has 0 aliphatic heterocycles. The molecule has 0 amide bonds. The van der Waals surface area contributed by atoms with Crippen LogP contribution in [0.25, 0.3) is 0 Å². The molecule has 0 aromatic carbocycles. The molecule has 1 aromatic rings. The lowest BCUT2D eigenvalue weighted by Crippen LogP contribution is -2.31. The summed E-state index contributed by atoms with van der Waals surface area (Å²) in [5.41, 5.74) is 0. The van der Waals surface area contributed by atoms with Crippen LogP contribution in [0, 0.1) is 0 Å². The molecule has 0 aliphatic carbocycles. The summed E-state index contributed by atoms with van der Waals surface area (Å²) < 4.78 is 27.3. The van der Waals surface area contributed by atoms with Crippen molar-refractivity contribution >= 4 is 10.0 Å². The molecule has 0 radical (unpaired) electrons. The Hall–Kier alpha value is -0.850. The number of hydrogen-bond donors (Lipinski definition) is 2. The lowest BCUT2D eigenvalue weighted by atomic mass is 10.3. The van der Waals surface area contributed by atoms with Gasteiger partial charge in [0.25, 0.3) is 0 Å². The van der Waals surface area contributed by atoms with Crippen LogP contribution in [-0.4, -0.2) is 30.7 Å². The van der Waals surface area contributed by atoms with Gasteiger partial charge in [-0.25, -0.2) is 13.1 Å². The summed E-state index contributed by atoms with van der Waals surface area (Å²) in [6.07, 6.45) is 3.06. The molecule has 1 rings (SSSR count). The molecule has 6 heteroatoms. The third-order valence-corrected chi connectivity index (χ3v) is 3.50. The summed E-state index contributed by atoms with van der Waals surface area (Å²) in [7, 11) is -1.73. The second-order valence-electron chi connectivity index (χ2n) is 3.43. The Morgan fingerprint density at radius 2 is 2.27 bits per heavy atom. The number of nitrogens with zero attached hydrogens (tertiary/aromatic N) is 1. The maximum Gasteiger partial charge on any atom is 0.242 e. The highest BCUT2D eigenvalue weighted by Crippen LogP contribution is 2.07. The Morgan fingerprint density at radius 1 is 1.60 bits per heavy atom. The molecule has 86 valence electrons. The predicted octanol–water partition coefficient (Wildman–Crippen LogP) is 0.0743. The summed E-state index contributed by atoms with van der Waals surface area (Å²) in [6.45, 7) is 1.84. The highest BCUT2D eigenvalue weighted by Gasteiger charge is 2.15. The molecule has 0 fully saturated rings. The quantitative estimate of drug-likeness (QED) is 0.755. The molecule has 0 aliphatic rings. The molecule has 2 N–H and O–H groups in total. The minimum atomic E-state index is -3.48. The predicted molar refractivity (Wildman–Crippen MR) is 56.9 cm³/mol. The van der Waals surface area contributed by atoms with E-state index in [-0.39, 0.29) is 11.4 Å². The van der Waals surface area contributed by atoms with Gasteiger partial charge in [0.05, 0.1) is 11.0 Å². The number of aliphatic hydroxyl groups excluding tert-OH is 1. The number of rotatable bonds is 5. The molecule has 1 aromatic heterocycles. The first kappa shape index (κ1) is 12.2. The van der Waals surface area contributed by atoms with Gasteiger partial charge in [0.15, 0.2) is 0 Å². The standard InChI is InChI=1S/C9H16N2O3S/c1-3-8(12)6-10-15(13,14)9-4-5-11(2)7-9/h4-5,7-8,10,12H,3,6H2,1-2H3. The van der Waals surface area contributed by atoms with E-state index in [1.54, 1.807) is 24.7 Å². The summed E-state index contributed by atoms with van der Waals surface area (Å²) in [5, 5.41) is 9.24. The lowest BCUT2D eigenvalue weighted by molar-refractivity contribution is 0.174. The van der Waals surface area contributed by atoms with Crippen LogP contribution in [0.5, 0.6) is 0 Å². The van der Waals surface area contributed by atoms with Crippen molar-refractivity contribution in [3.8, 4) is 0 Å². The van der Waals surface area contributed by atoms with E-state index in [2.05, 4.69) is 4.72 Å². The minimum absolute atomic E-state index is 0.0493. The molecule has 0 saturated heterocycles. The summed E-state index contributed by atoms with van der Waals surface area (Å²) in [4.78, 5) is 0.216. The SMILES string of the molecule is CCC(O)CNS(=O)(=O)c1ccn(C)c1. The third-order valence-electron chi connectivity index (χ3n) is 2.10. The first-order chi connectivity index (χ1) is 6.95. The fourth-order valence-electron chi connectivity index (χ4n) is 1.07. The number of aryl methyl sites for hydroxylation is 1. The Kier molecular flexibility index (Phi) is 3.90. The number of sulfonamides is 1. The van der Waals surface area contributed by atoms with Gasteiger partial charge in [-0.15, -0.1) is 0 Å². The second-order valence-corrected chi connectivity index (χ2v) is 5.19. The molecule has 5 nitrogen and oxygen atoms in total. The van der Waals surface area contributed by atoms with E-state index >= 15 is 0 Å². The zero-order chi connectivity index (χ0) is 11.5. The van der Waals surface area contributed by atoms with E-state index < -0.39 is 16.1 Å². The average molecular weight is 232 g/mol. The van der Waals surface area contributed by atoms with Gasteiger partial charge >= 0.3 is 0 Å². The average Bonchev–Trinajstić information content (AvgIpc) is 2.62. The lowest BCUT2D eigenvalue weighted by Gasteiger charge is -2.08. The van der Waals surface area contributed by atoms with E-state index in [0.717, 1.165) is 0 Å². The number of aliphatic hydroxyl groups is 1. The van der Waals surface area contributed by atoms with Crippen molar-refractivity contribution in [2.24, 2.45) is 7.05 Å². The van der Waals surface area contributed by atoms with Gasteiger partial charge in [-0.2, -0.15) is 0 Å². The Labute approximate surface area is 89.8 Å². The topological polar surface area (TPSA) is 71.3 Å².